The quantitative estimate of drug-likeness (QED) is 0.360. The van der Waals surface area contributed by atoms with Crippen LogP contribution in [0.1, 0.15) is 5.69 Å². The minimum Gasteiger partial charge on any atom is -0.236 e. The molecular formula is C18H6Cl6N2. The van der Waals surface area contributed by atoms with Crippen molar-refractivity contribution in [2.45, 2.75) is 0 Å². The van der Waals surface area contributed by atoms with Gasteiger partial charge in [-0.3, -0.25) is 0 Å². The highest BCUT2D eigenvalue weighted by molar-refractivity contribution is 6.45. The lowest BCUT2D eigenvalue weighted by atomic mass is 10.0. The summed E-state index contributed by atoms with van der Waals surface area (Å²) in [7, 11) is 0. The van der Waals surface area contributed by atoms with Gasteiger partial charge in [0.05, 0.1) is 25.8 Å². The molecule has 0 aliphatic rings. The van der Waals surface area contributed by atoms with Gasteiger partial charge in [-0.25, -0.2) is 4.98 Å². The van der Waals surface area contributed by atoms with E-state index in [0.29, 0.717) is 42.5 Å². The van der Waals surface area contributed by atoms with E-state index in [1.807, 2.05) is 0 Å². The molecule has 0 bridgehead atoms. The zero-order valence-corrected chi connectivity index (χ0v) is 17.2. The van der Waals surface area contributed by atoms with E-state index in [1.54, 1.807) is 24.3 Å². The number of nitrogens with zero attached hydrogens (tertiary/aromatic N) is 2. The summed E-state index contributed by atoms with van der Waals surface area (Å²) >= 11 is 36.8. The van der Waals surface area contributed by atoms with E-state index in [0.717, 1.165) is 0 Å². The Morgan fingerprint density at radius 2 is 1.23 bits per heavy atom. The van der Waals surface area contributed by atoms with E-state index in [-0.39, 0.29) is 15.7 Å². The molecule has 0 N–H and O–H groups in total. The van der Waals surface area contributed by atoms with Gasteiger partial charge in [0.1, 0.15) is 11.8 Å². The van der Waals surface area contributed by atoms with Gasteiger partial charge in [0, 0.05) is 26.7 Å². The van der Waals surface area contributed by atoms with Crippen molar-refractivity contribution in [2.75, 3.05) is 0 Å². The topological polar surface area (TPSA) is 36.7 Å². The summed E-state index contributed by atoms with van der Waals surface area (Å²) in [6.45, 7) is 0. The fourth-order valence-electron chi connectivity index (χ4n) is 2.41. The standard InChI is InChI=1S/C18H6Cl6N2/c19-8-3-11(17(23)13(21)5-8)10-1-2-15(26-16(10)7-25)12-4-9(20)6-14(22)18(12)24/h1-6H. The molecule has 0 aliphatic heterocycles. The first-order valence-corrected chi connectivity index (χ1v) is 9.29. The molecule has 1 aromatic heterocycles. The lowest BCUT2D eigenvalue weighted by Crippen LogP contribution is -1.94. The number of hydrogen-bond donors (Lipinski definition) is 0. The highest BCUT2D eigenvalue weighted by atomic mass is 35.5. The molecule has 0 aliphatic carbocycles. The Hall–Kier alpha value is -1.18. The Bertz CT molecular complexity index is 1070. The zero-order valence-electron chi connectivity index (χ0n) is 12.6. The van der Waals surface area contributed by atoms with E-state index in [4.69, 9.17) is 69.6 Å². The molecule has 0 spiro atoms. The van der Waals surface area contributed by atoms with Gasteiger partial charge in [0.15, 0.2) is 0 Å². The zero-order chi connectivity index (χ0) is 19.0. The summed E-state index contributed by atoms with van der Waals surface area (Å²) in [5.41, 5.74) is 2.10. The average molecular weight is 463 g/mol. The van der Waals surface area contributed by atoms with Crippen molar-refractivity contribution in [1.29, 1.82) is 5.26 Å². The van der Waals surface area contributed by atoms with Crippen LogP contribution in [0.15, 0.2) is 36.4 Å². The van der Waals surface area contributed by atoms with Gasteiger partial charge in [0.25, 0.3) is 0 Å². The maximum absolute atomic E-state index is 9.55. The first-order valence-electron chi connectivity index (χ1n) is 7.02. The molecule has 130 valence electrons. The molecule has 0 fully saturated rings. The van der Waals surface area contributed by atoms with Gasteiger partial charge in [-0.2, -0.15) is 5.26 Å². The van der Waals surface area contributed by atoms with Crippen LogP contribution >= 0.6 is 69.6 Å². The Labute approximate surface area is 179 Å². The second-order valence-corrected chi connectivity index (χ2v) is 7.65. The predicted molar refractivity (Wildman–Crippen MR) is 110 cm³/mol. The van der Waals surface area contributed by atoms with Crippen LogP contribution in [0.3, 0.4) is 0 Å². The van der Waals surface area contributed by atoms with Crippen LogP contribution < -0.4 is 0 Å². The predicted octanol–water partition coefficient (Wildman–Crippen LogP) is 8.21. The van der Waals surface area contributed by atoms with Crippen molar-refractivity contribution in [1.82, 2.24) is 4.98 Å². The first-order chi connectivity index (χ1) is 12.3. The van der Waals surface area contributed by atoms with Crippen molar-refractivity contribution in [2.24, 2.45) is 0 Å². The molecule has 2 nitrogen and oxygen atoms in total. The van der Waals surface area contributed by atoms with Gasteiger partial charge < -0.3 is 0 Å². The largest absolute Gasteiger partial charge is 0.236 e. The second-order valence-electron chi connectivity index (χ2n) is 5.20. The molecule has 26 heavy (non-hydrogen) atoms. The average Bonchev–Trinajstić information content (AvgIpc) is 2.60. The third-order valence-electron chi connectivity index (χ3n) is 3.55. The van der Waals surface area contributed by atoms with Gasteiger partial charge in [-0.05, 0) is 36.4 Å². The van der Waals surface area contributed by atoms with Crippen LogP contribution in [0, 0.1) is 11.3 Å². The summed E-state index contributed by atoms with van der Waals surface area (Å²) in [5, 5.41) is 11.5. The van der Waals surface area contributed by atoms with Crippen LogP contribution in [-0.4, -0.2) is 4.98 Å². The van der Waals surface area contributed by atoms with Crippen LogP contribution in [0.25, 0.3) is 22.4 Å². The van der Waals surface area contributed by atoms with Crippen molar-refractivity contribution in [3.05, 3.63) is 72.2 Å². The SMILES string of the molecule is N#Cc1nc(-c2cc(Cl)cc(Cl)c2Cl)ccc1-c1cc(Cl)cc(Cl)c1Cl. The van der Waals surface area contributed by atoms with Gasteiger partial charge >= 0.3 is 0 Å². The molecule has 0 saturated carbocycles. The molecule has 0 saturated heterocycles. The summed E-state index contributed by atoms with van der Waals surface area (Å²) in [6, 6.07) is 11.7. The molecule has 8 heteroatoms. The highest BCUT2D eigenvalue weighted by Crippen LogP contribution is 2.40. The smallest absolute Gasteiger partial charge is 0.149 e. The minimum absolute atomic E-state index is 0.134. The monoisotopic (exact) mass is 460 g/mol. The number of rotatable bonds is 2. The van der Waals surface area contributed by atoms with Crippen LogP contribution in [0.5, 0.6) is 0 Å². The molecular weight excluding hydrogens is 457 g/mol. The Balaban J connectivity index is 2.22. The van der Waals surface area contributed by atoms with Gasteiger partial charge in [-0.15, -0.1) is 0 Å². The summed E-state index contributed by atoms with van der Waals surface area (Å²) < 4.78 is 0. The number of pyridine rings is 1. The Kier molecular flexibility index (Phi) is 5.89. The van der Waals surface area contributed by atoms with Crippen molar-refractivity contribution >= 4 is 69.6 Å². The molecule has 2 aromatic carbocycles. The van der Waals surface area contributed by atoms with Gasteiger partial charge in [0.2, 0.25) is 0 Å². The number of benzene rings is 2. The van der Waals surface area contributed by atoms with E-state index in [2.05, 4.69) is 11.1 Å². The van der Waals surface area contributed by atoms with E-state index in [9.17, 15) is 5.26 Å². The van der Waals surface area contributed by atoms with Crippen molar-refractivity contribution < 1.29 is 0 Å². The summed E-state index contributed by atoms with van der Waals surface area (Å²) in [5.74, 6) is 0. The third kappa shape index (κ3) is 3.75. The van der Waals surface area contributed by atoms with Crippen molar-refractivity contribution in [3.8, 4) is 28.5 Å². The molecule has 3 aromatic rings. The van der Waals surface area contributed by atoms with E-state index in [1.165, 1.54) is 12.1 Å². The number of halogens is 6. The molecule has 1 heterocycles. The first kappa shape index (κ1) is 19.6. The molecule has 0 unspecified atom stereocenters. The maximum Gasteiger partial charge on any atom is 0.149 e. The Morgan fingerprint density at radius 1 is 0.692 bits per heavy atom. The minimum atomic E-state index is 0.134. The van der Waals surface area contributed by atoms with Crippen molar-refractivity contribution in [3.63, 3.8) is 0 Å². The maximum atomic E-state index is 9.55. The van der Waals surface area contributed by atoms with E-state index >= 15 is 0 Å². The lowest BCUT2D eigenvalue weighted by molar-refractivity contribution is 1.27. The van der Waals surface area contributed by atoms with Crippen LogP contribution in [0.4, 0.5) is 0 Å². The summed E-state index contributed by atoms with van der Waals surface area (Å²) in [6.07, 6.45) is 0. The van der Waals surface area contributed by atoms with E-state index < -0.39 is 0 Å². The Morgan fingerprint density at radius 3 is 1.81 bits per heavy atom. The summed E-state index contributed by atoms with van der Waals surface area (Å²) in [4.78, 5) is 4.37. The third-order valence-corrected chi connectivity index (χ3v) is 5.59. The molecule has 0 amide bonds. The van der Waals surface area contributed by atoms with Crippen LogP contribution in [0.2, 0.25) is 30.1 Å². The van der Waals surface area contributed by atoms with Gasteiger partial charge in [-0.1, -0.05) is 69.6 Å². The number of aromatic nitrogens is 1. The fraction of sp³-hybridized carbons (Fsp3) is 0. The van der Waals surface area contributed by atoms with Crippen LogP contribution in [-0.2, 0) is 0 Å². The normalized spacial score (nSPS) is 10.7. The highest BCUT2D eigenvalue weighted by Gasteiger charge is 2.17. The number of hydrogen-bond acceptors (Lipinski definition) is 2. The lowest BCUT2D eigenvalue weighted by Gasteiger charge is -2.11. The molecule has 3 rings (SSSR count). The fourth-order valence-corrected chi connectivity index (χ4v) is 3.81. The molecule has 0 atom stereocenters. The molecule has 0 radical (unpaired) electrons. The second kappa shape index (κ2) is 7.82. The number of nitriles is 1.